The molecule has 0 saturated carbocycles. The van der Waals surface area contributed by atoms with Crippen LogP contribution in [0.2, 0.25) is 0 Å². The number of nitrogens with zero attached hydrogens (tertiary/aromatic N) is 2. The fraction of sp³-hybridized carbons (Fsp3) is 0.494. The van der Waals surface area contributed by atoms with Crippen molar-refractivity contribution >= 4 is 151 Å². The van der Waals surface area contributed by atoms with Gasteiger partial charge in [0.2, 0.25) is 53.2 Å². The summed E-state index contributed by atoms with van der Waals surface area (Å²) in [6, 6.07) is -8.87. The van der Waals surface area contributed by atoms with E-state index in [1.54, 1.807) is 42.5 Å². The van der Waals surface area contributed by atoms with Gasteiger partial charge in [0.15, 0.2) is 16.9 Å². The molecule has 2 aliphatic heterocycles. The number of nitrogens with one attached hydrogen (secondary N) is 9. The van der Waals surface area contributed by atoms with E-state index in [0.29, 0.717) is 41.2 Å². The number of unbranched alkanes of at least 4 members (excludes halogenated alkanes) is 2. The highest BCUT2D eigenvalue weighted by Gasteiger charge is 2.42. The van der Waals surface area contributed by atoms with Crippen molar-refractivity contribution in [1.29, 1.82) is 0 Å². The molecule has 0 saturated heterocycles. The van der Waals surface area contributed by atoms with Crippen LogP contribution in [0.15, 0.2) is 99.4 Å². The normalized spacial score (nSPS) is 15.8. The molecule has 0 radical (unpaired) electrons. The predicted octanol–water partition coefficient (Wildman–Crippen LogP) is 1.52. The van der Waals surface area contributed by atoms with E-state index < -0.39 is 315 Å². The van der Waals surface area contributed by atoms with Crippen LogP contribution in [0.5, 0.6) is 0 Å². The van der Waals surface area contributed by atoms with Gasteiger partial charge >= 0.3 is 53.7 Å². The molecular formula is C79H103N11O33S2. The maximum Gasteiger partial charge on any atom is 0.303 e. The largest absolute Gasteiger partial charge is 0.481 e. The van der Waals surface area contributed by atoms with Crippen molar-refractivity contribution in [3.63, 3.8) is 0 Å². The van der Waals surface area contributed by atoms with E-state index in [0.717, 1.165) is 12.5 Å². The summed E-state index contributed by atoms with van der Waals surface area (Å²) >= 11 is -2.18. The number of carboxylic acids is 9. The number of anilines is 1. The molecule has 2 heterocycles. The van der Waals surface area contributed by atoms with Crippen molar-refractivity contribution in [2.45, 2.75) is 251 Å². The topological polar surface area (TPSA) is 722 Å². The summed E-state index contributed by atoms with van der Waals surface area (Å²) in [5.74, 6) is -27.1. The molecule has 9 amide bonds. The van der Waals surface area contributed by atoms with Gasteiger partial charge in [0.25, 0.3) is 10.1 Å². The summed E-state index contributed by atoms with van der Waals surface area (Å²) in [4.78, 5) is 252. The van der Waals surface area contributed by atoms with Gasteiger partial charge in [0.1, 0.15) is 48.3 Å². The molecule has 46 heteroatoms. The molecule has 1 unspecified atom stereocenters. The first-order valence-corrected chi connectivity index (χ1v) is 41.6. The smallest absolute Gasteiger partial charge is 0.303 e. The molecule has 125 heavy (non-hydrogen) atoms. The number of fused-ring (bicyclic) bond motifs is 2. The number of hydrogen-bond acceptors (Lipinski definition) is 24. The summed E-state index contributed by atoms with van der Waals surface area (Å²) < 4.78 is 56.1. The number of benzene rings is 2. The summed E-state index contributed by atoms with van der Waals surface area (Å²) in [6.07, 6.45) is -2.38. The van der Waals surface area contributed by atoms with Gasteiger partial charge in [-0.3, -0.25) is 101 Å². The van der Waals surface area contributed by atoms with Crippen molar-refractivity contribution in [3.8, 4) is 0 Å². The summed E-state index contributed by atoms with van der Waals surface area (Å²) in [7, 11) is -4.64. The van der Waals surface area contributed by atoms with Crippen LogP contribution in [-0.2, 0) is 123 Å². The lowest BCUT2D eigenvalue weighted by Gasteiger charge is -2.28. The van der Waals surface area contributed by atoms with E-state index in [-0.39, 0.29) is 29.2 Å². The maximum absolute atomic E-state index is 14.3. The first-order valence-electron chi connectivity index (χ1n) is 39.1. The number of carboxylic acid groups (broad SMARTS) is 9. The predicted molar refractivity (Wildman–Crippen MR) is 436 cm³/mol. The first kappa shape index (κ1) is 104. The van der Waals surface area contributed by atoms with E-state index in [1.165, 1.54) is 24.3 Å². The molecule has 0 aliphatic carbocycles. The Morgan fingerprint density at radius 1 is 0.400 bits per heavy atom. The number of aliphatic carboxylic acids is 9. The highest BCUT2D eigenvalue weighted by molar-refractivity contribution is 7.85. The summed E-state index contributed by atoms with van der Waals surface area (Å²) in [5.41, 5.74) is 2.60. The van der Waals surface area contributed by atoms with Gasteiger partial charge in [-0.1, -0.05) is 64.5 Å². The Morgan fingerprint density at radius 2 is 0.720 bits per heavy atom. The standard InChI is InChI=1S/C79H103N11O33S2/c1-42(91)47(20-30-61(93)94)82-71(112)50(22-32-63(97)98)84-73(114)52(24-34-65(101)102)86-75(116)54(26-36-67(105)106)88-77(118)56(28-38-69(109)110)89-76(117)55(27-37-68(107)108)87-74(115)53(25-35-66(103)104)85-72(113)51(23-33-64(99)100)83-70(111)49(21-31-62(95)96)81-60(92)16-12-9-13-39-90-57-29-18-44(125(121,122)123)41-46(57)79(4,5)59(90)15-11-8-6-7-10-14-58-78(2,3)45-40-43(124(119)120)17-19-48(45)80-58/h6-8,10-11,14-15,17-19,29,40-41,47,49-56H,9,12-13,16,20-28,30-39H2,1-5H3,(H,81,92)(H,82,112)(H,83,111)(H,84,114)(H,85,113)(H,86,116)(H,87,115)(H,88,118)(H,89,117)(H,93,94)(H,95,96)(H,97,98)(H,99,100)(H,101,102)(H,103,104)(H,105,106)(H,107,108)(H,109,110)(H,119,120)(H,121,122,123)/b7-6+,11-8+,14-10+,59-15+/t47-,49-,50-,51-,52-,53-,54-,55-,56-/m1/s1. The number of carbonyl (C=O) groups is 19. The lowest BCUT2D eigenvalue weighted by Crippen LogP contribution is -2.60. The van der Waals surface area contributed by atoms with Crippen molar-refractivity contribution in [3.05, 3.63) is 95.8 Å². The zero-order chi connectivity index (χ0) is 94.0. The maximum atomic E-state index is 14.3. The van der Waals surface area contributed by atoms with Gasteiger partial charge in [0.05, 0.1) is 27.2 Å². The van der Waals surface area contributed by atoms with Gasteiger partial charge in [-0.05, 0) is 137 Å². The third kappa shape index (κ3) is 35.1. The Labute approximate surface area is 717 Å². The Morgan fingerprint density at radius 3 is 1.05 bits per heavy atom. The molecule has 0 bridgehead atoms. The molecule has 2 aromatic carbocycles. The molecular weight excluding hydrogens is 1700 g/mol. The zero-order valence-corrected chi connectivity index (χ0v) is 70.2. The van der Waals surface area contributed by atoms with Gasteiger partial charge in [-0.25, -0.2) is 4.21 Å². The Balaban J connectivity index is 1.56. The highest BCUT2D eigenvalue weighted by Crippen LogP contribution is 2.49. The molecule has 20 N–H and O–H groups in total. The van der Waals surface area contributed by atoms with Crippen LogP contribution < -0.4 is 52.8 Å². The van der Waals surface area contributed by atoms with Crippen LogP contribution in [0.1, 0.15) is 187 Å². The van der Waals surface area contributed by atoms with Crippen molar-refractivity contribution in [2.75, 3.05) is 11.4 Å². The number of amides is 9. The van der Waals surface area contributed by atoms with Crippen molar-refractivity contribution in [1.82, 2.24) is 47.9 Å². The lowest BCUT2D eigenvalue weighted by atomic mass is 9.81. The molecule has 0 aromatic heterocycles. The van der Waals surface area contributed by atoms with Crippen LogP contribution in [0, 0.1) is 0 Å². The fourth-order valence-corrected chi connectivity index (χ4v) is 13.9. The van der Waals surface area contributed by atoms with E-state index in [2.05, 4.69) is 47.9 Å². The summed E-state index contributed by atoms with van der Waals surface area (Å²) in [5, 5.41) is 106. The van der Waals surface area contributed by atoms with Crippen LogP contribution in [0.25, 0.3) is 0 Å². The number of hydrogen-bond donors (Lipinski definition) is 20. The van der Waals surface area contributed by atoms with E-state index in [1.807, 2.05) is 44.7 Å². The van der Waals surface area contributed by atoms with Gasteiger partial charge in [0, 0.05) is 93.0 Å². The minimum absolute atomic E-state index is 0.137. The van der Waals surface area contributed by atoms with Crippen LogP contribution in [0.4, 0.5) is 11.4 Å². The fourth-order valence-electron chi connectivity index (χ4n) is 13.0. The van der Waals surface area contributed by atoms with Gasteiger partial charge in [-0.2, -0.15) is 8.42 Å². The van der Waals surface area contributed by atoms with Crippen molar-refractivity contribution < 1.29 is 159 Å². The number of Topliss-reactive ketones (excluding diaryl/α,β-unsaturated/α-hetero) is 1. The Hall–Kier alpha value is -13.0. The van der Waals surface area contributed by atoms with E-state index in [9.17, 15) is 154 Å². The minimum atomic E-state index is -4.64. The average Bonchev–Trinajstić information content (AvgIpc) is 1.59. The zero-order valence-electron chi connectivity index (χ0n) is 68.6. The van der Waals surface area contributed by atoms with Crippen molar-refractivity contribution in [2.24, 2.45) is 4.99 Å². The molecule has 0 spiro atoms. The Kier molecular flexibility index (Phi) is 41.2. The molecule has 2 aromatic rings. The van der Waals surface area contributed by atoms with Gasteiger partial charge in [-0.15, -0.1) is 0 Å². The number of allylic oxidation sites excluding steroid dienone is 8. The average molecular weight is 1800 g/mol. The first-order chi connectivity index (χ1) is 58.4. The summed E-state index contributed by atoms with van der Waals surface area (Å²) in [6.45, 7) is 8.83. The third-order valence-corrected chi connectivity index (χ3v) is 21.3. The number of rotatable bonds is 57. The number of ketones is 1. The molecule has 684 valence electrons. The third-order valence-electron chi connectivity index (χ3n) is 19.8. The monoisotopic (exact) mass is 1800 g/mol. The van der Waals surface area contributed by atoms with Crippen LogP contribution in [0.3, 0.4) is 0 Å². The SMILES string of the molecule is CC(=O)[C@@H](CCC(=O)O)NC(=O)[C@@H](CCC(=O)O)NC(=O)[C@@H](CCC(=O)O)NC(=O)[C@@H](CCC(=O)O)NC(=O)[C@@H](CCC(=O)O)NC(=O)[C@@H](CCC(=O)O)NC(=O)[C@@H](CCC(=O)O)NC(=O)[C@@H](CCC(=O)O)NC(=O)[C@@H](CCC(=O)O)NC(=O)CCCCCN1/C(=C/C=C/C=C/C=C/C2=Nc3ccc(S(=O)O)cc3C2(C)C)C(C)(C)c2cc(S(=O)(=O)O)ccc21. The second-order valence-corrected chi connectivity index (χ2v) is 32.5. The quantitative estimate of drug-likeness (QED) is 0.0193. The molecule has 4 rings (SSSR count). The van der Waals surface area contributed by atoms with E-state index >= 15 is 0 Å². The lowest BCUT2D eigenvalue weighted by molar-refractivity contribution is -0.141. The van der Waals surface area contributed by atoms with Crippen LogP contribution in [-0.4, -0.2) is 247 Å². The molecule has 10 atom stereocenters. The molecule has 2 aliphatic rings. The van der Waals surface area contributed by atoms with Crippen LogP contribution >= 0.6 is 0 Å². The second kappa shape index (κ2) is 49.3. The van der Waals surface area contributed by atoms with E-state index in [4.69, 9.17) is 10.1 Å². The Bertz CT molecular complexity index is 4730. The highest BCUT2D eigenvalue weighted by atomic mass is 32.2. The number of carbonyl (C=O) groups excluding carboxylic acids is 10. The number of aliphatic imine (C=N–C) groups is 1. The van der Waals surface area contributed by atoms with Gasteiger partial charge < -0.3 is 103 Å². The second-order valence-electron chi connectivity index (χ2n) is 30.1. The minimum Gasteiger partial charge on any atom is -0.481 e. The molecule has 44 nitrogen and oxygen atoms in total. The molecule has 0 fully saturated rings.